The maximum atomic E-state index is 10.7. The van der Waals surface area contributed by atoms with Crippen LogP contribution in [0, 0.1) is 5.92 Å². The van der Waals surface area contributed by atoms with Gasteiger partial charge in [0.2, 0.25) is 5.91 Å². The SMILES string of the molecule is CC.CC.CC.CCCCC(CC)C(N)=O. The molecule has 0 aliphatic rings. The van der Waals surface area contributed by atoms with Gasteiger partial charge in [0, 0.05) is 5.92 Å². The van der Waals surface area contributed by atoms with Crippen LogP contribution in [0.2, 0.25) is 0 Å². The molecule has 0 radical (unpaired) electrons. The predicted octanol–water partition coefficient (Wildman–Crippen LogP) is 4.77. The average molecular weight is 233 g/mol. The summed E-state index contributed by atoms with van der Waals surface area (Å²) in [6.45, 7) is 16.1. The molecule has 0 spiro atoms. The second-order valence-corrected chi connectivity index (χ2v) is 2.65. The Morgan fingerprint density at radius 2 is 1.38 bits per heavy atom. The van der Waals surface area contributed by atoms with Gasteiger partial charge in [-0.3, -0.25) is 4.79 Å². The molecular formula is C14H35NO. The summed E-state index contributed by atoms with van der Waals surface area (Å²) >= 11 is 0. The number of carbonyl (C=O) groups excluding carboxylic acids is 1. The molecule has 0 aromatic carbocycles. The first-order valence-corrected chi connectivity index (χ1v) is 7.01. The Morgan fingerprint density at radius 3 is 1.56 bits per heavy atom. The molecule has 1 atom stereocenters. The normalized spacial score (nSPS) is 9.25. The molecule has 1 unspecified atom stereocenters. The van der Waals surface area contributed by atoms with E-state index in [0.29, 0.717) is 0 Å². The highest BCUT2D eigenvalue weighted by molar-refractivity contribution is 5.76. The quantitative estimate of drug-likeness (QED) is 0.730. The van der Waals surface area contributed by atoms with Crippen LogP contribution >= 0.6 is 0 Å². The molecule has 0 aromatic heterocycles. The van der Waals surface area contributed by atoms with Gasteiger partial charge in [-0.25, -0.2) is 0 Å². The van der Waals surface area contributed by atoms with Crippen LogP contribution in [0.15, 0.2) is 0 Å². The zero-order valence-corrected chi connectivity index (χ0v) is 12.9. The van der Waals surface area contributed by atoms with Crippen molar-refractivity contribution in [3.63, 3.8) is 0 Å². The van der Waals surface area contributed by atoms with Gasteiger partial charge >= 0.3 is 0 Å². The summed E-state index contributed by atoms with van der Waals surface area (Å²) in [6, 6.07) is 0. The fourth-order valence-electron chi connectivity index (χ4n) is 0.998. The minimum absolute atomic E-state index is 0.111. The molecule has 1 amide bonds. The van der Waals surface area contributed by atoms with Crippen molar-refractivity contribution in [3.05, 3.63) is 0 Å². The second kappa shape index (κ2) is 29.3. The Kier molecular flexibility index (Phi) is 45.0. The lowest BCUT2D eigenvalue weighted by Crippen LogP contribution is -2.22. The third kappa shape index (κ3) is 23.4. The number of hydrogen-bond acceptors (Lipinski definition) is 1. The first-order chi connectivity index (χ1) is 7.72. The Balaban J connectivity index is -0.000000103. The maximum Gasteiger partial charge on any atom is 0.220 e. The molecule has 0 heterocycles. The standard InChI is InChI=1S/C8H17NO.3C2H6/c1-3-5-6-7(4-2)8(9)10;3*1-2/h7H,3-6H2,1-2H3,(H2,9,10);3*1-2H3. The lowest BCUT2D eigenvalue weighted by atomic mass is 9.99. The van der Waals surface area contributed by atoms with Crippen LogP contribution < -0.4 is 5.73 Å². The summed E-state index contributed by atoms with van der Waals surface area (Å²) in [4.78, 5) is 10.7. The molecule has 0 saturated heterocycles. The summed E-state index contributed by atoms with van der Waals surface area (Å²) in [7, 11) is 0. The van der Waals surface area contributed by atoms with Crippen LogP contribution in [0.4, 0.5) is 0 Å². The summed E-state index contributed by atoms with van der Waals surface area (Å²) < 4.78 is 0. The van der Waals surface area contributed by atoms with Crippen LogP contribution in [0.5, 0.6) is 0 Å². The Bertz CT molecular complexity index is 103. The van der Waals surface area contributed by atoms with E-state index < -0.39 is 0 Å². The number of nitrogens with two attached hydrogens (primary N) is 1. The van der Waals surface area contributed by atoms with Crippen LogP contribution in [0.1, 0.15) is 81.1 Å². The van der Waals surface area contributed by atoms with Crippen molar-refractivity contribution in [2.75, 3.05) is 0 Å². The van der Waals surface area contributed by atoms with Crippen molar-refractivity contribution in [2.24, 2.45) is 11.7 Å². The van der Waals surface area contributed by atoms with E-state index in [4.69, 9.17) is 5.73 Å². The fourth-order valence-corrected chi connectivity index (χ4v) is 0.998. The topological polar surface area (TPSA) is 43.1 Å². The van der Waals surface area contributed by atoms with Gasteiger partial charge in [0.05, 0.1) is 0 Å². The van der Waals surface area contributed by atoms with Crippen molar-refractivity contribution < 1.29 is 4.79 Å². The van der Waals surface area contributed by atoms with Gasteiger partial charge in [0.15, 0.2) is 0 Å². The van der Waals surface area contributed by atoms with Crippen molar-refractivity contribution in [1.29, 1.82) is 0 Å². The predicted molar refractivity (Wildman–Crippen MR) is 76.5 cm³/mol. The van der Waals surface area contributed by atoms with Crippen LogP contribution in [-0.2, 0) is 4.79 Å². The summed E-state index contributed by atoms with van der Waals surface area (Å²) in [5.74, 6) is -0.0316. The first kappa shape index (κ1) is 24.6. The van der Waals surface area contributed by atoms with Crippen molar-refractivity contribution in [2.45, 2.75) is 81.1 Å². The molecule has 16 heavy (non-hydrogen) atoms. The van der Waals surface area contributed by atoms with Crippen LogP contribution in [0.25, 0.3) is 0 Å². The van der Waals surface area contributed by atoms with E-state index in [1.807, 2.05) is 48.5 Å². The van der Waals surface area contributed by atoms with E-state index in [2.05, 4.69) is 6.92 Å². The van der Waals surface area contributed by atoms with Crippen molar-refractivity contribution in [1.82, 2.24) is 0 Å². The molecule has 0 aromatic rings. The number of hydrogen-bond donors (Lipinski definition) is 1. The Morgan fingerprint density at radius 1 is 1.00 bits per heavy atom. The molecule has 0 bridgehead atoms. The van der Waals surface area contributed by atoms with Gasteiger partial charge in [0.25, 0.3) is 0 Å². The molecule has 0 saturated carbocycles. The monoisotopic (exact) mass is 233 g/mol. The molecule has 0 rings (SSSR count). The molecule has 102 valence electrons. The van der Waals surface area contributed by atoms with E-state index in [1.54, 1.807) is 0 Å². The molecule has 0 fully saturated rings. The lowest BCUT2D eigenvalue weighted by Gasteiger charge is -2.08. The molecule has 0 aliphatic carbocycles. The number of unbranched alkanes of at least 4 members (excludes halogenated alkanes) is 1. The Labute approximate surface area is 104 Å². The zero-order chi connectivity index (χ0) is 14.0. The average Bonchev–Trinajstić information content (AvgIpc) is 2.37. The van der Waals surface area contributed by atoms with E-state index in [1.165, 1.54) is 0 Å². The zero-order valence-electron chi connectivity index (χ0n) is 12.9. The van der Waals surface area contributed by atoms with Gasteiger partial charge < -0.3 is 5.73 Å². The molecule has 2 heteroatoms. The van der Waals surface area contributed by atoms with Gasteiger partial charge in [-0.15, -0.1) is 0 Å². The van der Waals surface area contributed by atoms with Gasteiger partial charge in [0.1, 0.15) is 0 Å². The maximum absolute atomic E-state index is 10.7. The van der Waals surface area contributed by atoms with E-state index in [0.717, 1.165) is 25.7 Å². The molecule has 0 aliphatic heterocycles. The van der Waals surface area contributed by atoms with Crippen LogP contribution in [-0.4, -0.2) is 5.91 Å². The number of primary amides is 1. The van der Waals surface area contributed by atoms with Crippen LogP contribution in [0.3, 0.4) is 0 Å². The molecule has 2 nitrogen and oxygen atoms in total. The van der Waals surface area contributed by atoms with E-state index in [9.17, 15) is 4.79 Å². The highest BCUT2D eigenvalue weighted by atomic mass is 16.1. The summed E-state index contributed by atoms with van der Waals surface area (Å²) in [5.41, 5.74) is 5.15. The number of rotatable bonds is 5. The van der Waals surface area contributed by atoms with Gasteiger partial charge in [-0.2, -0.15) is 0 Å². The molecule has 2 N–H and O–H groups in total. The second-order valence-electron chi connectivity index (χ2n) is 2.65. The highest BCUT2D eigenvalue weighted by Crippen LogP contribution is 2.10. The van der Waals surface area contributed by atoms with Crippen molar-refractivity contribution in [3.8, 4) is 0 Å². The number of amides is 1. The summed E-state index contributed by atoms with van der Waals surface area (Å²) in [6.07, 6.45) is 4.10. The van der Waals surface area contributed by atoms with E-state index >= 15 is 0 Å². The summed E-state index contributed by atoms with van der Waals surface area (Å²) in [5, 5.41) is 0. The third-order valence-electron chi connectivity index (χ3n) is 1.80. The Hall–Kier alpha value is -0.530. The smallest absolute Gasteiger partial charge is 0.220 e. The van der Waals surface area contributed by atoms with E-state index in [-0.39, 0.29) is 11.8 Å². The number of carbonyl (C=O) groups is 1. The minimum atomic E-state index is -0.143. The first-order valence-electron chi connectivity index (χ1n) is 7.01. The lowest BCUT2D eigenvalue weighted by molar-refractivity contribution is -0.122. The van der Waals surface area contributed by atoms with Crippen molar-refractivity contribution >= 4 is 5.91 Å². The van der Waals surface area contributed by atoms with Gasteiger partial charge in [-0.05, 0) is 12.8 Å². The third-order valence-corrected chi connectivity index (χ3v) is 1.80. The largest absolute Gasteiger partial charge is 0.369 e. The fraction of sp³-hybridized carbons (Fsp3) is 0.929. The molecular weight excluding hydrogens is 198 g/mol. The van der Waals surface area contributed by atoms with Gasteiger partial charge in [-0.1, -0.05) is 68.2 Å². The minimum Gasteiger partial charge on any atom is -0.369 e. The highest BCUT2D eigenvalue weighted by Gasteiger charge is 2.10.